The summed E-state index contributed by atoms with van der Waals surface area (Å²) in [5, 5.41) is 7.57. The molecule has 0 aliphatic carbocycles. The van der Waals surface area contributed by atoms with E-state index in [1.165, 1.54) is 0 Å². The molecule has 0 unspecified atom stereocenters. The lowest BCUT2D eigenvalue weighted by atomic mass is 9.87. The number of nitrogens with zero attached hydrogens (tertiary/aromatic N) is 4. The number of hydrazone groups is 1. The molecule has 3 aromatic carbocycles. The maximum Gasteiger partial charge on any atom is 0.376 e. The third kappa shape index (κ3) is 3.63. The van der Waals surface area contributed by atoms with Crippen molar-refractivity contribution in [3.05, 3.63) is 94.0 Å². The number of benzene rings is 3. The SMILES string of the molecule is CCOC(=O)C1=NN(c2ccc(Cl)cc2)[C@]2(c3ccccc3)c3cc(Cl)ccc3N(C)C(=O)CN12. The molecule has 2 aliphatic heterocycles. The first-order valence-corrected chi connectivity index (χ1v) is 11.8. The van der Waals surface area contributed by atoms with E-state index in [2.05, 4.69) is 0 Å². The molecule has 2 heterocycles. The third-order valence-corrected chi connectivity index (χ3v) is 6.70. The second-order valence-corrected chi connectivity index (χ2v) is 9.04. The van der Waals surface area contributed by atoms with E-state index in [1.807, 2.05) is 54.6 Å². The van der Waals surface area contributed by atoms with E-state index in [1.54, 1.807) is 47.0 Å². The summed E-state index contributed by atoms with van der Waals surface area (Å²) in [6, 6.07) is 22.1. The summed E-state index contributed by atoms with van der Waals surface area (Å²) < 4.78 is 5.36. The van der Waals surface area contributed by atoms with E-state index in [-0.39, 0.29) is 24.9 Å². The first-order valence-electron chi connectivity index (χ1n) is 11.1. The number of carbonyl (C=O) groups excluding carboxylic acids is 2. The van der Waals surface area contributed by atoms with E-state index in [0.717, 1.165) is 5.56 Å². The zero-order valence-electron chi connectivity index (χ0n) is 19.1. The maximum atomic E-state index is 13.4. The van der Waals surface area contributed by atoms with Crippen LogP contribution in [-0.2, 0) is 20.0 Å². The predicted octanol–water partition coefficient (Wildman–Crippen LogP) is 4.87. The van der Waals surface area contributed by atoms with Crippen LogP contribution in [0.5, 0.6) is 0 Å². The minimum Gasteiger partial charge on any atom is -0.460 e. The van der Waals surface area contributed by atoms with Crippen molar-refractivity contribution in [2.75, 3.05) is 30.1 Å². The molecular formula is C26H22Cl2N4O3. The fraction of sp³-hybridized carbons (Fsp3) is 0.192. The maximum absolute atomic E-state index is 13.4. The van der Waals surface area contributed by atoms with Crippen LogP contribution < -0.4 is 9.91 Å². The molecule has 0 radical (unpaired) electrons. The highest BCUT2D eigenvalue weighted by Crippen LogP contribution is 2.51. The van der Waals surface area contributed by atoms with Gasteiger partial charge in [0.1, 0.15) is 6.54 Å². The standard InChI is InChI=1S/C26H22Cl2N4O3/c1-3-35-25(34)24-29-32(20-12-9-18(27)10-13-20)26(17-7-5-4-6-8-17)21-15-19(28)11-14-22(21)30(2)23(33)16-31(24)26/h4-15H,3,16H2,1-2H3/t26-/m1/s1. The van der Waals surface area contributed by atoms with Gasteiger partial charge in [-0.05, 0) is 49.4 Å². The lowest BCUT2D eigenvalue weighted by molar-refractivity contribution is -0.136. The molecule has 0 saturated heterocycles. The van der Waals surface area contributed by atoms with Crippen molar-refractivity contribution in [1.29, 1.82) is 0 Å². The summed E-state index contributed by atoms with van der Waals surface area (Å²) in [5.41, 5.74) is 1.61. The first kappa shape index (κ1) is 23.2. The number of amidine groups is 1. The van der Waals surface area contributed by atoms with Crippen LogP contribution in [0.15, 0.2) is 77.9 Å². The second kappa shape index (κ2) is 8.91. The Balaban J connectivity index is 1.90. The van der Waals surface area contributed by atoms with E-state index in [9.17, 15) is 9.59 Å². The van der Waals surface area contributed by atoms with Gasteiger partial charge in [-0.3, -0.25) is 4.79 Å². The number of ether oxygens (including phenoxy) is 1. The van der Waals surface area contributed by atoms with Crippen molar-refractivity contribution in [2.24, 2.45) is 5.10 Å². The van der Waals surface area contributed by atoms with Gasteiger partial charge in [0.15, 0.2) is 5.66 Å². The van der Waals surface area contributed by atoms with Crippen molar-refractivity contribution >= 4 is 52.3 Å². The largest absolute Gasteiger partial charge is 0.460 e. The van der Waals surface area contributed by atoms with Crippen LogP contribution >= 0.6 is 23.2 Å². The van der Waals surface area contributed by atoms with Crippen LogP contribution in [0.1, 0.15) is 18.1 Å². The topological polar surface area (TPSA) is 65.5 Å². The minimum absolute atomic E-state index is 0.0280. The molecule has 9 heteroatoms. The molecule has 0 aromatic heterocycles. The van der Waals surface area contributed by atoms with Crippen LogP contribution in [0, 0.1) is 0 Å². The van der Waals surface area contributed by atoms with E-state index >= 15 is 0 Å². The smallest absolute Gasteiger partial charge is 0.376 e. The number of fused-ring (bicyclic) bond motifs is 3. The van der Waals surface area contributed by atoms with Gasteiger partial charge in [0.25, 0.3) is 0 Å². The van der Waals surface area contributed by atoms with Gasteiger partial charge in [-0.2, -0.15) is 0 Å². The first-order chi connectivity index (χ1) is 16.9. The number of esters is 1. The average molecular weight is 509 g/mol. The molecule has 5 rings (SSSR count). The minimum atomic E-state index is -1.21. The monoisotopic (exact) mass is 508 g/mol. The van der Waals surface area contributed by atoms with Crippen LogP contribution in [0.4, 0.5) is 11.4 Å². The number of amides is 1. The molecule has 7 nitrogen and oxygen atoms in total. The lowest BCUT2D eigenvalue weighted by Crippen LogP contribution is -2.56. The van der Waals surface area contributed by atoms with Gasteiger partial charge >= 0.3 is 5.97 Å². The summed E-state index contributed by atoms with van der Waals surface area (Å²) >= 11 is 12.7. The van der Waals surface area contributed by atoms with Crippen LogP contribution in [0.25, 0.3) is 0 Å². The summed E-state index contributed by atoms with van der Waals surface area (Å²) in [6.45, 7) is 1.78. The molecule has 35 heavy (non-hydrogen) atoms. The number of halogens is 2. The highest BCUT2D eigenvalue weighted by molar-refractivity contribution is 6.37. The van der Waals surface area contributed by atoms with E-state index in [4.69, 9.17) is 33.0 Å². The Labute approximate surface area is 213 Å². The lowest BCUT2D eigenvalue weighted by Gasteiger charge is -2.44. The molecule has 0 N–H and O–H groups in total. The molecule has 0 spiro atoms. The van der Waals surface area contributed by atoms with Crippen molar-refractivity contribution in [1.82, 2.24) is 4.90 Å². The second-order valence-electron chi connectivity index (χ2n) is 8.17. The Morgan fingerprint density at radius 1 is 1.03 bits per heavy atom. The number of rotatable bonds is 4. The zero-order chi connectivity index (χ0) is 24.7. The van der Waals surface area contributed by atoms with Gasteiger partial charge in [-0.1, -0.05) is 53.5 Å². The normalized spacial score (nSPS) is 19.1. The summed E-state index contributed by atoms with van der Waals surface area (Å²) in [4.78, 5) is 29.9. The van der Waals surface area contributed by atoms with Crippen molar-refractivity contribution in [3.8, 4) is 0 Å². The summed E-state index contributed by atoms with van der Waals surface area (Å²) in [7, 11) is 1.71. The molecule has 0 saturated carbocycles. The predicted molar refractivity (Wildman–Crippen MR) is 137 cm³/mol. The van der Waals surface area contributed by atoms with Gasteiger partial charge in [-0.25, -0.2) is 9.80 Å². The van der Waals surface area contributed by atoms with Gasteiger partial charge in [0.2, 0.25) is 11.7 Å². The van der Waals surface area contributed by atoms with Crippen molar-refractivity contribution < 1.29 is 14.3 Å². The molecule has 178 valence electrons. The quantitative estimate of drug-likeness (QED) is 0.470. The Hall–Kier alpha value is -3.55. The summed E-state index contributed by atoms with van der Waals surface area (Å²) in [6.07, 6.45) is 0. The molecule has 3 aromatic rings. The fourth-order valence-corrected chi connectivity index (χ4v) is 4.97. The van der Waals surface area contributed by atoms with Crippen molar-refractivity contribution in [3.63, 3.8) is 0 Å². The van der Waals surface area contributed by atoms with Crippen molar-refractivity contribution in [2.45, 2.75) is 12.6 Å². The average Bonchev–Trinajstić information content (AvgIpc) is 3.16. The molecular weight excluding hydrogens is 487 g/mol. The van der Waals surface area contributed by atoms with Crippen LogP contribution in [-0.4, -0.2) is 42.8 Å². The van der Waals surface area contributed by atoms with Gasteiger partial charge in [0, 0.05) is 28.2 Å². The number of hydrogen-bond acceptors (Lipinski definition) is 6. The molecule has 0 bridgehead atoms. The number of anilines is 2. The van der Waals surface area contributed by atoms with Gasteiger partial charge < -0.3 is 14.5 Å². The fourth-order valence-electron chi connectivity index (χ4n) is 4.67. The Bertz CT molecular complexity index is 1330. The Morgan fingerprint density at radius 2 is 1.71 bits per heavy atom. The zero-order valence-corrected chi connectivity index (χ0v) is 20.6. The highest BCUT2D eigenvalue weighted by Gasteiger charge is 2.57. The Morgan fingerprint density at radius 3 is 2.40 bits per heavy atom. The Kier molecular flexibility index (Phi) is 5.91. The van der Waals surface area contributed by atoms with E-state index < -0.39 is 11.6 Å². The van der Waals surface area contributed by atoms with E-state index in [0.29, 0.717) is 27.0 Å². The van der Waals surface area contributed by atoms with Gasteiger partial charge in [-0.15, -0.1) is 5.10 Å². The third-order valence-electron chi connectivity index (χ3n) is 6.22. The van der Waals surface area contributed by atoms with Crippen LogP contribution in [0.3, 0.4) is 0 Å². The highest BCUT2D eigenvalue weighted by atomic mass is 35.5. The molecule has 2 aliphatic rings. The molecule has 0 fully saturated rings. The number of carbonyl (C=O) groups is 2. The molecule has 1 atom stereocenters. The van der Waals surface area contributed by atoms with Crippen LogP contribution in [0.2, 0.25) is 10.0 Å². The summed E-state index contributed by atoms with van der Waals surface area (Å²) in [5.74, 6) is -0.799. The molecule has 1 amide bonds. The number of hydrogen-bond donors (Lipinski definition) is 0. The van der Waals surface area contributed by atoms with Gasteiger partial charge in [0.05, 0.1) is 18.0 Å². The number of likely N-dealkylation sites (N-methyl/N-ethyl adjacent to an activating group) is 1.